The first-order valence-electron chi connectivity index (χ1n) is 6.71. The molecule has 3 nitrogen and oxygen atoms in total. The molecule has 0 aliphatic carbocycles. The van der Waals surface area contributed by atoms with Crippen molar-refractivity contribution in [3.8, 4) is 0 Å². The highest BCUT2D eigenvalue weighted by molar-refractivity contribution is 5.20. The Morgan fingerprint density at radius 3 is 2.94 bits per heavy atom. The third-order valence-corrected chi connectivity index (χ3v) is 2.72. The van der Waals surface area contributed by atoms with E-state index in [0.717, 1.165) is 24.5 Å². The summed E-state index contributed by atoms with van der Waals surface area (Å²) in [6.45, 7) is 6.74. The summed E-state index contributed by atoms with van der Waals surface area (Å²) in [6.07, 6.45) is 9.31. The number of aliphatic hydroxyl groups is 1. The highest BCUT2D eigenvalue weighted by atomic mass is 16.5. The summed E-state index contributed by atoms with van der Waals surface area (Å²) in [4.78, 5) is 0. The SMILES string of the molecule is C/C=C(\C=C1/CC(O)=CC(C)O1)OCCCCC. The van der Waals surface area contributed by atoms with E-state index >= 15 is 0 Å². The molecule has 1 N–H and O–H groups in total. The van der Waals surface area contributed by atoms with E-state index in [1.807, 2.05) is 26.0 Å². The topological polar surface area (TPSA) is 38.7 Å². The van der Waals surface area contributed by atoms with E-state index < -0.39 is 0 Å². The van der Waals surface area contributed by atoms with Gasteiger partial charge in [0.2, 0.25) is 0 Å². The Kier molecular flexibility index (Phi) is 6.40. The number of hydrogen-bond acceptors (Lipinski definition) is 3. The summed E-state index contributed by atoms with van der Waals surface area (Å²) in [5.74, 6) is 1.93. The zero-order valence-corrected chi connectivity index (χ0v) is 11.6. The minimum absolute atomic E-state index is 0.0804. The average Bonchev–Trinajstić information content (AvgIpc) is 2.32. The molecular formula is C15H24O3. The fourth-order valence-corrected chi connectivity index (χ4v) is 1.82. The summed E-state index contributed by atoms with van der Waals surface area (Å²) < 4.78 is 11.3. The zero-order chi connectivity index (χ0) is 13.4. The van der Waals surface area contributed by atoms with Crippen molar-refractivity contribution in [3.63, 3.8) is 0 Å². The van der Waals surface area contributed by atoms with Crippen molar-refractivity contribution in [2.75, 3.05) is 6.61 Å². The molecule has 0 amide bonds. The van der Waals surface area contributed by atoms with Gasteiger partial charge in [0.15, 0.2) is 0 Å². The van der Waals surface area contributed by atoms with Gasteiger partial charge in [0.25, 0.3) is 0 Å². The Balaban J connectivity index is 2.49. The monoisotopic (exact) mass is 252 g/mol. The van der Waals surface area contributed by atoms with Crippen LogP contribution in [-0.2, 0) is 9.47 Å². The van der Waals surface area contributed by atoms with Gasteiger partial charge in [-0.3, -0.25) is 0 Å². The molecule has 1 atom stereocenters. The fourth-order valence-electron chi connectivity index (χ4n) is 1.82. The highest BCUT2D eigenvalue weighted by Crippen LogP contribution is 2.22. The van der Waals surface area contributed by atoms with Crippen LogP contribution in [0.1, 0.15) is 46.5 Å². The molecular weight excluding hydrogens is 228 g/mol. The Bertz CT molecular complexity index is 340. The van der Waals surface area contributed by atoms with Crippen LogP contribution in [0.2, 0.25) is 0 Å². The molecule has 0 spiro atoms. The first kappa shape index (κ1) is 14.7. The van der Waals surface area contributed by atoms with E-state index in [2.05, 4.69) is 6.92 Å². The second-order valence-electron chi connectivity index (χ2n) is 4.52. The lowest BCUT2D eigenvalue weighted by molar-refractivity contribution is 0.135. The maximum Gasteiger partial charge on any atom is 0.118 e. The van der Waals surface area contributed by atoms with Gasteiger partial charge in [0, 0.05) is 6.08 Å². The first-order valence-corrected chi connectivity index (χ1v) is 6.71. The van der Waals surface area contributed by atoms with Gasteiger partial charge < -0.3 is 14.6 Å². The molecule has 0 aromatic rings. The molecule has 0 aromatic heterocycles. The third kappa shape index (κ3) is 5.30. The minimum Gasteiger partial charge on any atom is -0.512 e. The Morgan fingerprint density at radius 1 is 1.56 bits per heavy atom. The molecule has 0 saturated carbocycles. The lowest BCUT2D eigenvalue weighted by Crippen LogP contribution is -2.12. The lowest BCUT2D eigenvalue weighted by atomic mass is 10.2. The molecule has 1 rings (SSSR count). The number of allylic oxidation sites excluding steroid dienone is 2. The number of rotatable bonds is 6. The summed E-state index contributed by atoms with van der Waals surface area (Å²) >= 11 is 0. The predicted octanol–water partition coefficient (Wildman–Crippen LogP) is 4.23. The van der Waals surface area contributed by atoms with Crippen LogP contribution >= 0.6 is 0 Å². The molecule has 0 radical (unpaired) electrons. The van der Waals surface area contributed by atoms with E-state index in [9.17, 15) is 5.11 Å². The van der Waals surface area contributed by atoms with Gasteiger partial charge in [-0.25, -0.2) is 0 Å². The van der Waals surface area contributed by atoms with Crippen molar-refractivity contribution in [1.29, 1.82) is 0 Å². The molecule has 0 bridgehead atoms. The van der Waals surface area contributed by atoms with Crippen LogP contribution in [0, 0.1) is 0 Å². The molecule has 0 aromatic carbocycles. The summed E-state index contributed by atoms with van der Waals surface area (Å²) in [6, 6.07) is 0. The molecule has 0 saturated heterocycles. The molecule has 18 heavy (non-hydrogen) atoms. The largest absolute Gasteiger partial charge is 0.512 e. The van der Waals surface area contributed by atoms with Crippen LogP contribution in [-0.4, -0.2) is 17.8 Å². The summed E-state index contributed by atoms with van der Waals surface area (Å²) in [5.41, 5.74) is 0. The van der Waals surface area contributed by atoms with Crippen LogP contribution in [0.4, 0.5) is 0 Å². The van der Waals surface area contributed by atoms with E-state index in [1.165, 1.54) is 12.8 Å². The fraction of sp³-hybridized carbons (Fsp3) is 0.600. The Hall–Kier alpha value is -1.38. The molecule has 1 unspecified atom stereocenters. The van der Waals surface area contributed by atoms with Crippen LogP contribution < -0.4 is 0 Å². The number of ether oxygens (including phenoxy) is 2. The average molecular weight is 252 g/mol. The van der Waals surface area contributed by atoms with Crippen molar-refractivity contribution in [1.82, 2.24) is 0 Å². The summed E-state index contributed by atoms with van der Waals surface area (Å²) in [5, 5.41) is 9.56. The molecule has 1 heterocycles. The van der Waals surface area contributed by atoms with E-state index in [0.29, 0.717) is 12.2 Å². The lowest BCUT2D eigenvalue weighted by Gasteiger charge is -2.20. The number of unbranched alkanes of at least 4 members (excludes halogenated alkanes) is 2. The smallest absolute Gasteiger partial charge is 0.118 e. The van der Waals surface area contributed by atoms with Crippen LogP contribution in [0.15, 0.2) is 35.5 Å². The predicted molar refractivity (Wildman–Crippen MR) is 73.2 cm³/mol. The van der Waals surface area contributed by atoms with Gasteiger partial charge in [-0.15, -0.1) is 0 Å². The molecule has 0 fully saturated rings. The molecule has 3 heteroatoms. The van der Waals surface area contributed by atoms with Crippen molar-refractivity contribution in [3.05, 3.63) is 35.5 Å². The van der Waals surface area contributed by atoms with Gasteiger partial charge >= 0.3 is 0 Å². The van der Waals surface area contributed by atoms with Gasteiger partial charge in [-0.2, -0.15) is 0 Å². The second kappa shape index (κ2) is 7.85. The van der Waals surface area contributed by atoms with Crippen molar-refractivity contribution in [2.24, 2.45) is 0 Å². The zero-order valence-electron chi connectivity index (χ0n) is 11.6. The van der Waals surface area contributed by atoms with Crippen molar-refractivity contribution < 1.29 is 14.6 Å². The minimum atomic E-state index is -0.0804. The van der Waals surface area contributed by atoms with Gasteiger partial charge in [-0.05, 0) is 32.4 Å². The molecule has 1 aliphatic heterocycles. The first-order chi connectivity index (χ1) is 8.65. The Morgan fingerprint density at radius 2 is 2.33 bits per heavy atom. The van der Waals surface area contributed by atoms with E-state index in [1.54, 1.807) is 6.08 Å². The van der Waals surface area contributed by atoms with E-state index in [4.69, 9.17) is 9.47 Å². The maximum absolute atomic E-state index is 9.56. The van der Waals surface area contributed by atoms with Gasteiger partial charge in [-0.1, -0.05) is 19.8 Å². The van der Waals surface area contributed by atoms with Crippen molar-refractivity contribution in [2.45, 2.75) is 52.6 Å². The Labute approximate surface area is 110 Å². The highest BCUT2D eigenvalue weighted by Gasteiger charge is 2.14. The third-order valence-electron chi connectivity index (χ3n) is 2.72. The molecule has 1 aliphatic rings. The number of hydrogen-bond donors (Lipinski definition) is 1. The molecule has 102 valence electrons. The van der Waals surface area contributed by atoms with Crippen LogP contribution in [0.25, 0.3) is 0 Å². The van der Waals surface area contributed by atoms with Crippen molar-refractivity contribution >= 4 is 0 Å². The normalized spacial score (nSPS) is 22.6. The summed E-state index contributed by atoms with van der Waals surface area (Å²) in [7, 11) is 0. The van der Waals surface area contributed by atoms with Gasteiger partial charge in [0.05, 0.1) is 18.8 Å². The number of aliphatic hydroxyl groups excluding tert-OH is 1. The van der Waals surface area contributed by atoms with Crippen LogP contribution in [0.3, 0.4) is 0 Å². The second-order valence-corrected chi connectivity index (χ2v) is 4.52. The quantitative estimate of drug-likeness (QED) is 0.568. The maximum atomic E-state index is 9.56. The van der Waals surface area contributed by atoms with Crippen LogP contribution in [0.5, 0.6) is 0 Å². The van der Waals surface area contributed by atoms with Gasteiger partial charge in [0.1, 0.15) is 17.6 Å². The standard InChI is InChI=1S/C15H24O3/c1-4-6-7-8-17-14(5-2)11-15-10-13(16)9-12(3)18-15/h5,9,11-12,16H,4,6-8,10H2,1-3H3/b14-5+,15-11+. The van der Waals surface area contributed by atoms with E-state index in [-0.39, 0.29) is 6.10 Å².